The summed E-state index contributed by atoms with van der Waals surface area (Å²) in [7, 11) is 0. The second-order valence-electron chi connectivity index (χ2n) is 4.67. The molecular weight excluding hydrogens is 286 g/mol. The van der Waals surface area contributed by atoms with Gasteiger partial charge in [-0.2, -0.15) is 0 Å². The van der Waals surface area contributed by atoms with Gasteiger partial charge in [-0.05, 0) is 37.3 Å². The van der Waals surface area contributed by atoms with Crippen LogP contribution in [0.5, 0.6) is 5.75 Å². The Morgan fingerprint density at radius 1 is 1.24 bits per heavy atom. The molecule has 106 valence electrons. The van der Waals surface area contributed by atoms with Crippen LogP contribution < -0.4 is 10.1 Å². The van der Waals surface area contributed by atoms with Crippen LogP contribution in [0.25, 0.3) is 11.6 Å². The highest BCUT2D eigenvalue weighted by atomic mass is 35.5. The molecule has 0 bridgehead atoms. The molecule has 21 heavy (non-hydrogen) atoms. The molecule has 1 N–H and O–H groups in total. The van der Waals surface area contributed by atoms with E-state index in [9.17, 15) is 4.79 Å². The first-order valence-electron chi connectivity index (χ1n) is 6.74. The van der Waals surface area contributed by atoms with Crippen molar-refractivity contribution in [1.82, 2.24) is 0 Å². The predicted molar refractivity (Wildman–Crippen MR) is 85.6 cm³/mol. The molecular formula is C17H14ClNO2. The maximum Gasteiger partial charge on any atom is 0.256 e. The lowest BCUT2D eigenvalue weighted by molar-refractivity contribution is -0.110. The number of fused-ring (bicyclic) bond motifs is 1. The second kappa shape index (κ2) is 5.62. The van der Waals surface area contributed by atoms with Crippen molar-refractivity contribution in [2.45, 2.75) is 6.92 Å². The zero-order valence-corrected chi connectivity index (χ0v) is 12.3. The van der Waals surface area contributed by atoms with Crippen LogP contribution in [0.1, 0.15) is 18.1 Å². The number of hydrogen-bond acceptors (Lipinski definition) is 2. The highest BCUT2D eigenvalue weighted by Gasteiger charge is 2.24. The molecule has 1 amide bonds. The number of ether oxygens (including phenoxy) is 1. The Bertz CT molecular complexity index is 737. The van der Waals surface area contributed by atoms with E-state index in [-0.39, 0.29) is 5.91 Å². The molecule has 0 aromatic heterocycles. The number of carbonyl (C=O) groups excluding carboxylic acids is 1. The van der Waals surface area contributed by atoms with Crippen molar-refractivity contribution in [2.24, 2.45) is 0 Å². The number of nitrogens with one attached hydrogen (secondary N) is 1. The van der Waals surface area contributed by atoms with Gasteiger partial charge >= 0.3 is 0 Å². The quantitative estimate of drug-likeness (QED) is 0.861. The van der Waals surface area contributed by atoms with Gasteiger partial charge in [-0.25, -0.2) is 0 Å². The Kier molecular flexibility index (Phi) is 3.67. The van der Waals surface area contributed by atoms with Gasteiger partial charge in [0.1, 0.15) is 5.75 Å². The molecule has 1 aliphatic rings. The first-order chi connectivity index (χ1) is 10.2. The Morgan fingerprint density at radius 3 is 2.86 bits per heavy atom. The van der Waals surface area contributed by atoms with Crippen molar-refractivity contribution in [2.75, 3.05) is 11.9 Å². The first-order valence-corrected chi connectivity index (χ1v) is 7.11. The maximum absolute atomic E-state index is 12.2. The molecule has 0 saturated heterocycles. The van der Waals surface area contributed by atoms with E-state index >= 15 is 0 Å². The van der Waals surface area contributed by atoms with Gasteiger partial charge in [0.25, 0.3) is 5.91 Å². The van der Waals surface area contributed by atoms with E-state index in [4.69, 9.17) is 16.3 Å². The van der Waals surface area contributed by atoms with Crippen LogP contribution in [-0.2, 0) is 4.79 Å². The fraction of sp³-hybridized carbons (Fsp3) is 0.118. The number of amides is 1. The monoisotopic (exact) mass is 299 g/mol. The van der Waals surface area contributed by atoms with Crippen molar-refractivity contribution in [3.8, 4) is 5.75 Å². The molecule has 0 radical (unpaired) electrons. The summed E-state index contributed by atoms with van der Waals surface area (Å²) in [6, 6.07) is 13.0. The molecule has 3 nitrogen and oxygen atoms in total. The fourth-order valence-electron chi connectivity index (χ4n) is 2.35. The molecule has 0 fully saturated rings. The van der Waals surface area contributed by atoms with Crippen LogP contribution in [0, 0.1) is 0 Å². The molecule has 4 heteroatoms. The van der Waals surface area contributed by atoms with E-state index < -0.39 is 0 Å². The van der Waals surface area contributed by atoms with E-state index in [1.165, 1.54) is 0 Å². The number of halogens is 1. The smallest absolute Gasteiger partial charge is 0.256 e. The molecule has 1 heterocycles. The van der Waals surface area contributed by atoms with Crippen LogP contribution in [0.3, 0.4) is 0 Å². The standard InChI is InChI=1S/C17H14ClNO2/c1-2-21-16-6-4-3-5-11(16)9-14-13-10-12(18)7-8-15(13)19-17(14)20/h3-10H,2H2,1H3,(H,19,20)/b14-9-. The van der Waals surface area contributed by atoms with Gasteiger partial charge in [0, 0.05) is 27.4 Å². The molecule has 0 aliphatic carbocycles. The van der Waals surface area contributed by atoms with Gasteiger partial charge in [-0.3, -0.25) is 4.79 Å². The summed E-state index contributed by atoms with van der Waals surface area (Å²) in [6.07, 6.45) is 1.84. The van der Waals surface area contributed by atoms with E-state index in [0.717, 1.165) is 22.6 Å². The second-order valence-corrected chi connectivity index (χ2v) is 5.11. The predicted octanol–water partition coefficient (Wildman–Crippen LogP) is 4.23. The normalized spacial score (nSPS) is 15.0. The molecule has 0 saturated carbocycles. The Balaban J connectivity index is 2.09. The molecule has 2 aromatic rings. The highest BCUT2D eigenvalue weighted by Crippen LogP contribution is 2.36. The van der Waals surface area contributed by atoms with Crippen molar-refractivity contribution in [3.05, 3.63) is 58.6 Å². The Hall–Kier alpha value is -2.26. The molecule has 0 spiro atoms. The summed E-state index contributed by atoms with van der Waals surface area (Å²) >= 11 is 6.03. The molecule has 2 aromatic carbocycles. The lowest BCUT2D eigenvalue weighted by Crippen LogP contribution is -2.03. The average Bonchev–Trinajstić information content (AvgIpc) is 2.77. The van der Waals surface area contributed by atoms with Gasteiger partial charge in [0.05, 0.1) is 6.61 Å². The number of para-hydroxylation sites is 1. The number of carbonyl (C=O) groups is 1. The topological polar surface area (TPSA) is 38.3 Å². The zero-order chi connectivity index (χ0) is 14.8. The van der Waals surface area contributed by atoms with Crippen molar-refractivity contribution >= 4 is 34.8 Å². The van der Waals surface area contributed by atoms with Crippen LogP contribution in [-0.4, -0.2) is 12.5 Å². The number of rotatable bonds is 3. The van der Waals surface area contributed by atoms with E-state index in [2.05, 4.69) is 5.32 Å². The third-order valence-corrected chi connectivity index (χ3v) is 3.52. The summed E-state index contributed by atoms with van der Waals surface area (Å²) < 4.78 is 5.59. The van der Waals surface area contributed by atoms with Crippen molar-refractivity contribution in [3.63, 3.8) is 0 Å². The van der Waals surface area contributed by atoms with Gasteiger partial charge in [0.15, 0.2) is 0 Å². The Morgan fingerprint density at radius 2 is 2.05 bits per heavy atom. The van der Waals surface area contributed by atoms with Gasteiger partial charge in [-0.1, -0.05) is 29.8 Å². The van der Waals surface area contributed by atoms with Gasteiger partial charge in [-0.15, -0.1) is 0 Å². The molecule has 1 aliphatic heterocycles. The van der Waals surface area contributed by atoms with Gasteiger partial charge in [0.2, 0.25) is 0 Å². The summed E-state index contributed by atoms with van der Waals surface area (Å²) in [5, 5.41) is 3.45. The maximum atomic E-state index is 12.2. The van der Waals surface area contributed by atoms with E-state index in [1.807, 2.05) is 43.3 Å². The lowest BCUT2D eigenvalue weighted by Gasteiger charge is -2.07. The van der Waals surface area contributed by atoms with Crippen molar-refractivity contribution in [1.29, 1.82) is 0 Å². The average molecular weight is 300 g/mol. The van der Waals surface area contributed by atoms with Crippen LogP contribution in [0.2, 0.25) is 5.02 Å². The molecule has 0 atom stereocenters. The molecule has 0 unspecified atom stereocenters. The van der Waals surface area contributed by atoms with Crippen LogP contribution in [0.15, 0.2) is 42.5 Å². The summed E-state index contributed by atoms with van der Waals surface area (Å²) in [5.41, 5.74) is 3.07. The lowest BCUT2D eigenvalue weighted by atomic mass is 10.0. The first kappa shape index (κ1) is 13.7. The number of benzene rings is 2. The SMILES string of the molecule is CCOc1ccccc1/C=C1\C(=O)Nc2ccc(Cl)cc21. The minimum absolute atomic E-state index is 0.126. The van der Waals surface area contributed by atoms with Crippen LogP contribution in [0.4, 0.5) is 5.69 Å². The summed E-state index contributed by atoms with van der Waals surface area (Å²) in [4.78, 5) is 12.2. The third kappa shape index (κ3) is 2.65. The summed E-state index contributed by atoms with van der Waals surface area (Å²) in [6.45, 7) is 2.51. The van der Waals surface area contributed by atoms with Gasteiger partial charge < -0.3 is 10.1 Å². The summed E-state index contributed by atoms with van der Waals surface area (Å²) in [5.74, 6) is 0.634. The fourth-order valence-corrected chi connectivity index (χ4v) is 2.52. The minimum Gasteiger partial charge on any atom is -0.493 e. The van der Waals surface area contributed by atoms with Crippen molar-refractivity contribution < 1.29 is 9.53 Å². The number of anilines is 1. The Labute approximate surface area is 128 Å². The van der Waals surface area contributed by atoms with E-state index in [1.54, 1.807) is 12.1 Å². The highest BCUT2D eigenvalue weighted by molar-refractivity contribution is 6.36. The minimum atomic E-state index is -0.126. The third-order valence-electron chi connectivity index (χ3n) is 3.28. The largest absolute Gasteiger partial charge is 0.493 e. The van der Waals surface area contributed by atoms with E-state index in [0.29, 0.717) is 17.2 Å². The zero-order valence-electron chi connectivity index (χ0n) is 11.5. The van der Waals surface area contributed by atoms with Crippen LogP contribution >= 0.6 is 11.6 Å². The molecule has 3 rings (SSSR count). The number of hydrogen-bond donors (Lipinski definition) is 1.